The quantitative estimate of drug-likeness (QED) is 0.768. The third-order valence-electron chi connectivity index (χ3n) is 4.86. The summed E-state index contributed by atoms with van der Waals surface area (Å²) < 4.78 is 0. The van der Waals surface area contributed by atoms with Crippen molar-refractivity contribution in [1.29, 1.82) is 0 Å². The van der Waals surface area contributed by atoms with E-state index in [1.807, 2.05) is 19.1 Å². The summed E-state index contributed by atoms with van der Waals surface area (Å²) in [6.45, 7) is 3.81. The van der Waals surface area contributed by atoms with E-state index in [4.69, 9.17) is 5.11 Å². The number of carboxylic acids is 1. The third kappa shape index (κ3) is 3.74. The van der Waals surface area contributed by atoms with E-state index in [-0.39, 0.29) is 18.6 Å². The molecule has 140 valence electrons. The topological polar surface area (TPSA) is 102 Å². The number of amides is 4. The lowest BCUT2D eigenvalue weighted by Gasteiger charge is -2.30. The maximum atomic E-state index is 12.5. The number of carbonyl (C=O) groups is 3. The Labute approximate surface area is 152 Å². The molecule has 0 spiro atoms. The Bertz CT molecular complexity index is 721. The van der Waals surface area contributed by atoms with Crippen molar-refractivity contribution in [3.8, 4) is 0 Å². The highest BCUT2D eigenvalue weighted by molar-refractivity contribution is 5.96. The van der Waals surface area contributed by atoms with E-state index in [0.29, 0.717) is 38.2 Å². The summed E-state index contributed by atoms with van der Waals surface area (Å²) in [5.74, 6) is -1.37. The van der Waals surface area contributed by atoms with Crippen LogP contribution in [0.5, 0.6) is 0 Å². The number of nitrogens with one attached hydrogen (secondary N) is 2. The molecule has 2 aliphatic heterocycles. The number of likely N-dealkylation sites (tertiary alicyclic amines) is 1. The average molecular weight is 360 g/mol. The van der Waals surface area contributed by atoms with Crippen molar-refractivity contribution in [2.24, 2.45) is 5.92 Å². The van der Waals surface area contributed by atoms with Crippen LogP contribution in [0.25, 0.3) is 0 Å². The molecular formula is C18H24N4O4. The number of hydrogen-bond donors (Lipinski definition) is 3. The fourth-order valence-electron chi connectivity index (χ4n) is 3.48. The number of fused-ring (bicyclic) bond motifs is 1. The van der Waals surface area contributed by atoms with Gasteiger partial charge in [-0.05, 0) is 43.9 Å². The molecule has 1 fully saturated rings. The van der Waals surface area contributed by atoms with Crippen molar-refractivity contribution < 1.29 is 19.5 Å². The minimum atomic E-state index is -0.863. The summed E-state index contributed by atoms with van der Waals surface area (Å²) in [5, 5.41) is 14.8. The number of anilines is 2. The zero-order valence-electron chi connectivity index (χ0n) is 14.8. The maximum absolute atomic E-state index is 12.5. The second kappa shape index (κ2) is 7.63. The number of rotatable bonds is 3. The number of aliphatic carboxylic acids is 1. The number of carbonyl (C=O) groups excluding carboxylic acids is 2. The molecule has 0 aliphatic carbocycles. The summed E-state index contributed by atoms with van der Waals surface area (Å²) >= 11 is 0. The summed E-state index contributed by atoms with van der Waals surface area (Å²) in [6, 6.07) is 5.08. The predicted octanol–water partition coefficient (Wildman–Crippen LogP) is 2.11. The van der Waals surface area contributed by atoms with Gasteiger partial charge in [0.25, 0.3) is 0 Å². The summed E-state index contributed by atoms with van der Waals surface area (Å²) in [7, 11) is 0. The van der Waals surface area contributed by atoms with Crippen molar-refractivity contribution in [3.05, 3.63) is 23.8 Å². The van der Waals surface area contributed by atoms with E-state index in [1.54, 1.807) is 11.0 Å². The van der Waals surface area contributed by atoms with E-state index < -0.39 is 11.9 Å². The smallest absolute Gasteiger partial charge is 0.321 e. The number of piperidine rings is 1. The van der Waals surface area contributed by atoms with E-state index in [2.05, 4.69) is 10.6 Å². The van der Waals surface area contributed by atoms with Gasteiger partial charge < -0.3 is 20.6 Å². The van der Waals surface area contributed by atoms with E-state index in [9.17, 15) is 14.4 Å². The lowest BCUT2D eigenvalue weighted by Crippen LogP contribution is -2.44. The van der Waals surface area contributed by atoms with Crippen LogP contribution in [0.3, 0.4) is 0 Å². The monoisotopic (exact) mass is 360 g/mol. The molecule has 8 heteroatoms. The van der Waals surface area contributed by atoms with Gasteiger partial charge >= 0.3 is 18.0 Å². The fourth-order valence-corrected chi connectivity index (χ4v) is 3.48. The Balaban J connectivity index is 1.69. The van der Waals surface area contributed by atoms with E-state index in [1.165, 1.54) is 4.90 Å². The molecule has 0 saturated carbocycles. The summed E-state index contributed by atoms with van der Waals surface area (Å²) in [5.41, 5.74) is 2.47. The molecule has 0 radical (unpaired) electrons. The van der Waals surface area contributed by atoms with Crippen LogP contribution in [-0.2, 0) is 11.2 Å². The third-order valence-corrected chi connectivity index (χ3v) is 4.86. The number of carboxylic acid groups (broad SMARTS) is 1. The average Bonchev–Trinajstić information content (AvgIpc) is 3.05. The molecule has 0 bridgehead atoms. The summed E-state index contributed by atoms with van der Waals surface area (Å²) in [4.78, 5) is 39.0. The lowest BCUT2D eigenvalue weighted by atomic mass is 9.99. The van der Waals surface area contributed by atoms with Crippen LogP contribution in [0.1, 0.15) is 25.3 Å². The molecule has 1 unspecified atom stereocenters. The van der Waals surface area contributed by atoms with Crippen molar-refractivity contribution >= 4 is 29.4 Å². The second-order valence-corrected chi connectivity index (χ2v) is 6.63. The van der Waals surface area contributed by atoms with Crippen molar-refractivity contribution in [3.63, 3.8) is 0 Å². The summed E-state index contributed by atoms with van der Waals surface area (Å²) in [6.07, 6.45) is 2.06. The lowest BCUT2D eigenvalue weighted by molar-refractivity contribution is -0.143. The standard InChI is InChI=1S/C18H24N4O4/c1-2-19-17(25)22-9-7-12-5-6-14(10-15(12)22)20-18(26)21-8-3-4-13(11-21)16(23)24/h5-6,10,13H,2-4,7-9,11H2,1H3,(H,19,25)(H,20,26)(H,23,24). The Morgan fingerprint density at radius 2 is 2.04 bits per heavy atom. The highest BCUT2D eigenvalue weighted by Gasteiger charge is 2.29. The van der Waals surface area contributed by atoms with Crippen molar-refractivity contribution in [1.82, 2.24) is 10.2 Å². The zero-order valence-corrected chi connectivity index (χ0v) is 14.8. The molecule has 3 N–H and O–H groups in total. The van der Waals surface area contributed by atoms with Gasteiger partial charge in [-0.1, -0.05) is 6.07 Å². The SMILES string of the molecule is CCNC(=O)N1CCc2ccc(NC(=O)N3CCCC(C(=O)O)C3)cc21. The Kier molecular flexibility index (Phi) is 5.29. The predicted molar refractivity (Wildman–Crippen MR) is 97.5 cm³/mol. The van der Waals surface area contributed by atoms with Gasteiger partial charge in [-0.25, -0.2) is 9.59 Å². The van der Waals surface area contributed by atoms with Crippen molar-refractivity contribution in [2.75, 3.05) is 36.4 Å². The molecule has 26 heavy (non-hydrogen) atoms. The first kappa shape index (κ1) is 18.0. The van der Waals surface area contributed by atoms with Gasteiger partial charge in [-0.3, -0.25) is 9.69 Å². The van der Waals surface area contributed by atoms with Gasteiger partial charge in [0.2, 0.25) is 0 Å². The van der Waals surface area contributed by atoms with E-state index in [0.717, 1.165) is 17.7 Å². The van der Waals surface area contributed by atoms with Crippen LogP contribution < -0.4 is 15.5 Å². The fraction of sp³-hybridized carbons (Fsp3) is 0.500. The maximum Gasteiger partial charge on any atom is 0.321 e. The first-order valence-corrected chi connectivity index (χ1v) is 8.96. The highest BCUT2D eigenvalue weighted by Crippen LogP contribution is 2.31. The Hall–Kier alpha value is -2.77. The molecule has 2 heterocycles. The van der Waals surface area contributed by atoms with Crippen LogP contribution in [0.2, 0.25) is 0 Å². The van der Waals surface area contributed by atoms with Crippen LogP contribution in [0, 0.1) is 5.92 Å². The number of nitrogens with zero attached hydrogens (tertiary/aromatic N) is 2. The van der Waals surface area contributed by atoms with Gasteiger partial charge in [0.1, 0.15) is 0 Å². The highest BCUT2D eigenvalue weighted by atomic mass is 16.4. The van der Waals surface area contributed by atoms with Crippen molar-refractivity contribution in [2.45, 2.75) is 26.2 Å². The van der Waals surface area contributed by atoms with Gasteiger partial charge in [-0.15, -0.1) is 0 Å². The van der Waals surface area contributed by atoms with Crippen LogP contribution in [0.15, 0.2) is 18.2 Å². The largest absolute Gasteiger partial charge is 0.481 e. The second-order valence-electron chi connectivity index (χ2n) is 6.63. The molecule has 1 aromatic rings. The minimum absolute atomic E-state index is 0.143. The molecule has 0 aromatic heterocycles. The minimum Gasteiger partial charge on any atom is -0.481 e. The van der Waals surface area contributed by atoms with Gasteiger partial charge in [0.05, 0.1) is 11.6 Å². The molecule has 3 rings (SSSR count). The van der Waals surface area contributed by atoms with Gasteiger partial charge in [0.15, 0.2) is 0 Å². The number of benzene rings is 1. The van der Waals surface area contributed by atoms with Crippen LogP contribution in [0.4, 0.5) is 21.0 Å². The molecule has 8 nitrogen and oxygen atoms in total. The zero-order chi connectivity index (χ0) is 18.7. The first-order chi connectivity index (χ1) is 12.5. The molecule has 1 saturated heterocycles. The normalized spacial score (nSPS) is 19.0. The Morgan fingerprint density at radius 1 is 1.23 bits per heavy atom. The molecule has 4 amide bonds. The molecule has 1 atom stereocenters. The first-order valence-electron chi connectivity index (χ1n) is 8.96. The number of hydrogen-bond acceptors (Lipinski definition) is 3. The van der Waals surface area contributed by atoms with Crippen LogP contribution >= 0.6 is 0 Å². The molecule has 2 aliphatic rings. The molecule has 1 aromatic carbocycles. The van der Waals surface area contributed by atoms with Gasteiger partial charge in [-0.2, -0.15) is 0 Å². The van der Waals surface area contributed by atoms with Gasteiger partial charge in [0, 0.05) is 31.9 Å². The molecular weight excluding hydrogens is 336 g/mol. The van der Waals surface area contributed by atoms with Crippen LogP contribution in [-0.4, -0.2) is 54.2 Å². The Morgan fingerprint density at radius 3 is 2.77 bits per heavy atom. The van der Waals surface area contributed by atoms with E-state index >= 15 is 0 Å². The number of urea groups is 2.